The van der Waals surface area contributed by atoms with Crippen LogP contribution >= 0.6 is 24.0 Å². The number of likely N-dealkylation sites (tertiary alicyclic amines) is 1. The summed E-state index contributed by atoms with van der Waals surface area (Å²) in [6.07, 6.45) is 8.53. The van der Waals surface area contributed by atoms with Crippen molar-refractivity contribution in [1.82, 2.24) is 20.0 Å². The van der Waals surface area contributed by atoms with Crippen LogP contribution in [-0.2, 0) is 11.3 Å². The Balaban J connectivity index is 0.00000261. The van der Waals surface area contributed by atoms with Gasteiger partial charge in [-0.3, -0.25) is 4.68 Å². The van der Waals surface area contributed by atoms with Gasteiger partial charge in [-0.15, -0.1) is 24.0 Å². The van der Waals surface area contributed by atoms with Crippen molar-refractivity contribution in [3.05, 3.63) is 18.0 Å². The summed E-state index contributed by atoms with van der Waals surface area (Å²) in [6.45, 7) is 4.07. The van der Waals surface area contributed by atoms with Crippen molar-refractivity contribution >= 4 is 36.0 Å². The number of guanidine groups is 1. The molecule has 8 nitrogen and oxygen atoms in total. The third-order valence-corrected chi connectivity index (χ3v) is 5.15. The summed E-state index contributed by atoms with van der Waals surface area (Å²) in [5.74, 6) is 0.440. The van der Waals surface area contributed by atoms with Crippen LogP contribution in [-0.4, -0.2) is 52.5 Å². The molecule has 27 heavy (non-hydrogen) atoms. The van der Waals surface area contributed by atoms with E-state index >= 15 is 0 Å². The van der Waals surface area contributed by atoms with Crippen molar-refractivity contribution in [2.24, 2.45) is 10.7 Å². The molecule has 0 aromatic carbocycles. The number of aliphatic imine (C=N–C) groups is 1. The Kier molecular flexibility index (Phi) is 8.65. The van der Waals surface area contributed by atoms with Crippen molar-refractivity contribution in [3.63, 3.8) is 0 Å². The van der Waals surface area contributed by atoms with E-state index in [1.807, 2.05) is 13.0 Å². The molecule has 0 spiro atoms. The van der Waals surface area contributed by atoms with Crippen LogP contribution in [0.1, 0.15) is 57.2 Å². The molecule has 0 radical (unpaired) electrons. The van der Waals surface area contributed by atoms with E-state index < -0.39 is 0 Å². The first-order valence-corrected chi connectivity index (χ1v) is 9.68. The van der Waals surface area contributed by atoms with Gasteiger partial charge in [0.15, 0.2) is 5.96 Å². The molecule has 0 atom stereocenters. The summed E-state index contributed by atoms with van der Waals surface area (Å²) in [4.78, 5) is 17.9. The lowest BCUT2D eigenvalue weighted by Gasteiger charge is -2.31. The molecule has 2 heterocycles. The third kappa shape index (κ3) is 6.25. The number of amides is 1. The van der Waals surface area contributed by atoms with Gasteiger partial charge in [0.2, 0.25) is 0 Å². The standard InChI is InChI=1S/C18H30N6O2.HI/c1-2-26-18(25)23-10-7-14(8-11-23)21-17(19)20-13-15-9-12-24(22-15)16-5-3-4-6-16;/h9,12,14,16H,2-8,10-11,13H2,1H3,(H3,19,20,21);1H. The van der Waals surface area contributed by atoms with Gasteiger partial charge >= 0.3 is 6.09 Å². The maximum absolute atomic E-state index is 11.7. The summed E-state index contributed by atoms with van der Waals surface area (Å²) < 4.78 is 7.11. The van der Waals surface area contributed by atoms with E-state index in [9.17, 15) is 4.79 Å². The van der Waals surface area contributed by atoms with Gasteiger partial charge in [0.25, 0.3) is 0 Å². The first-order chi connectivity index (χ1) is 12.7. The number of carbonyl (C=O) groups is 1. The van der Waals surface area contributed by atoms with Gasteiger partial charge in [-0.05, 0) is 38.7 Å². The number of hydrogen-bond acceptors (Lipinski definition) is 4. The number of halogens is 1. The molecule has 1 amide bonds. The molecule has 9 heteroatoms. The lowest BCUT2D eigenvalue weighted by Crippen LogP contribution is -2.48. The molecule has 1 aromatic heterocycles. The summed E-state index contributed by atoms with van der Waals surface area (Å²) in [7, 11) is 0. The predicted molar refractivity (Wildman–Crippen MR) is 115 cm³/mol. The number of ether oxygens (including phenoxy) is 1. The second-order valence-corrected chi connectivity index (χ2v) is 7.03. The third-order valence-electron chi connectivity index (χ3n) is 5.15. The molecule has 152 valence electrons. The van der Waals surface area contributed by atoms with Crippen molar-refractivity contribution in [1.29, 1.82) is 0 Å². The van der Waals surface area contributed by atoms with Gasteiger partial charge in [0, 0.05) is 25.3 Å². The van der Waals surface area contributed by atoms with Gasteiger partial charge in [-0.2, -0.15) is 5.10 Å². The molecule has 2 fully saturated rings. The second-order valence-electron chi connectivity index (χ2n) is 7.03. The van der Waals surface area contributed by atoms with E-state index in [0.717, 1.165) is 18.5 Å². The predicted octanol–water partition coefficient (Wildman–Crippen LogP) is 2.64. The van der Waals surface area contributed by atoms with Crippen molar-refractivity contribution in [2.75, 3.05) is 19.7 Å². The number of carbonyl (C=O) groups excluding carboxylic acids is 1. The fraction of sp³-hybridized carbons (Fsp3) is 0.722. The monoisotopic (exact) mass is 490 g/mol. The maximum Gasteiger partial charge on any atom is 0.409 e. The Morgan fingerprint density at radius 3 is 2.70 bits per heavy atom. The topological polar surface area (TPSA) is 97.8 Å². The van der Waals surface area contributed by atoms with Gasteiger partial charge in [0.05, 0.1) is 24.9 Å². The molecule has 0 bridgehead atoms. The number of nitrogens with two attached hydrogens (primary N) is 1. The minimum absolute atomic E-state index is 0. The highest BCUT2D eigenvalue weighted by Gasteiger charge is 2.23. The molecule has 3 rings (SSSR count). The average molecular weight is 490 g/mol. The first kappa shape index (κ1) is 21.8. The Labute approximate surface area is 177 Å². The zero-order valence-electron chi connectivity index (χ0n) is 16.0. The van der Waals surface area contributed by atoms with Crippen LogP contribution in [0, 0.1) is 0 Å². The molecule has 1 saturated carbocycles. The number of hydrogen-bond donors (Lipinski definition) is 2. The van der Waals surface area contributed by atoms with Crippen LogP contribution in [0.15, 0.2) is 17.3 Å². The summed E-state index contributed by atoms with van der Waals surface area (Å²) in [5, 5.41) is 7.88. The fourth-order valence-corrected chi connectivity index (χ4v) is 3.68. The van der Waals surface area contributed by atoms with Crippen LogP contribution in [0.4, 0.5) is 4.79 Å². The Morgan fingerprint density at radius 2 is 2.04 bits per heavy atom. The van der Waals surface area contributed by atoms with E-state index in [-0.39, 0.29) is 36.1 Å². The van der Waals surface area contributed by atoms with E-state index in [1.165, 1.54) is 25.7 Å². The Morgan fingerprint density at radius 1 is 1.33 bits per heavy atom. The number of nitrogens with zero attached hydrogens (tertiary/aromatic N) is 4. The molecule has 2 aliphatic rings. The smallest absolute Gasteiger partial charge is 0.409 e. The lowest BCUT2D eigenvalue weighted by atomic mass is 10.1. The molecular weight excluding hydrogens is 459 g/mol. The number of piperidine rings is 1. The Hall–Kier alpha value is -1.52. The highest BCUT2D eigenvalue weighted by Crippen LogP contribution is 2.28. The van der Waals surface area contributed by atoms with E-state index in [0.29, 0.717) is 38.2 Å². The maximum atomic E-state index is 11.7. The summed E-state index contributed by atoms with van der Waals surface area (Å²) in [5.41, 5.74) is 6.97. The normalized spacial score (nSPS) is 19.0. The second kappa shape index (κ2) is 10.7. The van der Waals surface area contributed by atoms with E-state index in [1.54, 1.807) is 4.90 Å². The van der Waals surface area contributed by atoms with Crippen molar-refractivity contribution in [2.45, 2.75) is 64.1 Å². The van der Waals surface area contributed by atoms with Gasteiger partial charge in [0.1, 0.15) is 0 Å². The molecule has 0 unspecified atom stereocenters. The summed E-state index contributed by atoms with van der Waals surface area (Å²) in [6, 6.07) is 2.81. The highest BCUT2D eigenvalue weighted by molar-refractivity contribution is 14.0. The average Bonchev–Trinajstić information content (AvgIpc) is 3.32. The van der Waals surface area contributed by atoms with Crippen molar-refractivity contribution < 1.29 is 9.53 Å². The quantitative estimate of drug-likeness (QED) is 0.376. The zero-order chi connectivity index (χ0) is 18.4. The molecule has 1 saturated heterocycles. The van der Waals surface area contributed by atoms with Crippen LogP contribution in [0.3, 0.4) is 0 Å². The molecular formula is C18H31IN6O2. The van der Waals surface area contributed by atoms with Crippen LogP contribution in [0.2, 0.25) is 0 Å². The number of aromatic nitrogens is 2. The van der Waals surface area contributed by atoms with E-state index in [4.69, 9.17) is 10.5 Å². The summed E-state index contributed by atoms with van der Waals surface area (Å²) >= 11 is 0. The van der Waals surface area contributed by atoms with E-state index in [2.05, 4.69) is 26.3 Å². The Bertz CT molecular complexity index is 621. The highest BCUT2D eigenvalue weighted by atomic mass is 127. The lowest BCUT2D eigenvalue weighted by molar-refractivity contribution is 0.0963. The molecule has 1 aliphatic carbocycles. The SMILES string of the molecule is CCOC(=O)N1CCC(NC(N)=NCc2ccn(C3CCCC3)n2)CC1.I. The van der Waals surface area contributed by atoms with Gasteiger partial charge in [-0.1, -0.05) is 12.8 Å². The van der Waals surface area contributed by atoms with Crippen molar-refractivity contribution in [3.8, 4) is 0 Å². The van der Waals surface area contributed by atoms with Gasteiger partial charge in [-0.25, -0.2) is 9.79 Å². The van der Waals surface area contributed by atoms with Crippen LogP contribution < -0.4 is 11.1 Å². The molecule has 3 N–H and O–H groups in total. The fourth-order valence-electron chi connectivity index (χ4n) is 3.68. The minimum atomic E-state index is -0.231. The minimum Gasteiger partial charge on any atom is -0.450 e. The largest absolute Gasteiger partial charge is 0.450 e. The zero-order valence-corrected chi connectivity index (χ0v) is 18.3. The number of nitrogens with one attached hydrogen (secondary N) is 1. The van der Waals surface area contributed by atoms with Gasteiger partial charge < -0.3 is 20.7 Å². The molecule has 1 aromatic rings. The first-order valence-electron chi connectivity index (χ1n) is 9.68. The van der Waals surface area contributed by atoms with Crippen LogP contribution in [0.5, 0.6) is 0 Å². The van der Waals surface area contributed by atoms with Crippen LogP contribution in [0.25, 0.3) is 0 Å². The number of rotatable bonds is 5. The molecule has 1 aliphatic heterocycles.